The zero-order valence-electron chi connectivity index (χ0n) is 11.2. The number of ether oxygens (including phenoxy) is 1. The summed E-state index contributed by atoms with van der Waals surface area (Å²) in [6.45, 7) is 0.468. The molecule has 2 aromatic rings. The standard InChI is InChI=1S/C15H17BrN2O2/c1-20-9-8-13(17)15(19)18-14-7-6-12(16)10-4-2-3-5-11(10)14/h2-7,13H,8-9,17H2,1H3,(H,18,19). The first-order valence-corrected chi connectivity index (χ1v) is 7.15. The van der Waals surface area contributed by atoms with Crippen LogP contribution in [0.25, 0.3) is 10.8 Å². The maximum Gasteiger partial charge on any atom is 0.241 e. The van der Waals surface area contributed by atoms with E-state index in [1.807, 2.05) is 36.4 Å². The van der Waals surface area contributed by atoms with Crippen LogP contribution in [0.1, 0.15) is 6.42 Å². The van der Waals surface area contributed by atoms with Crippen molar-refractivity contribution in [1.82, 2.24) is 0 Å². The third-order valence-electron chi connectivity index (χ3n) is 3.10. The molecule has 0 saturated carbocycles. The summed E-state index contributed by atoms with van der Waals surface area (Å²) in [6.07, 6.45) is 0.497. The Morgan fingerprint density at radius 3 is 2.70 bits per heavy atom. The van der Waals surface area contributed by atoms with Gasteiger partial charge in [0.15, 0.2) is 0 Å². The molecule has 0 aromatic heterocycles. The number of hydrogen-bond acceptors (Lipinski definition) is 3. The van der Waals surface area contributed by atoms with Crippen LogP contribution in [0, 0.1) is 0 Å². The highest BCUT2D eigenvalue weighted by Crippen LogP contribution is 2.29. The molecule has 0 bridgehead atoms. The molecule has 106 valence electrons. The normalized spacial score (nSPS) is 12.3. The van der Waals surface area contributed by atoms with E-state index in [1.165, 1.54) is 0 Å². The fourth-order valence-electron chi connectivity index (χ4n) is 1.97. The number of benzene rings is 2. The van der Waals surface area contributed by atoms with Crippen molar-refractivity contribution in [2.45, 2.75) is 12.5 Å². The van der Waals surface area contributed by atoms with Crippen LogP contribution in [0.5, 0.6) is 0 Å². The SMILES string of the molecule is COCCC(N)C(=O)Nc1ccc(Br)c2ccccc12. The van der Waals surface area contributed by atoms with E-state index in [0.717, 1.165) is 20.9 Å². The van der Waals surface area contributed by atoms with Gasteiger partial charge in [0.05, 0.1) is 6.04 Å². The zero-order valence-corrected chi connectivity index (χ0v) is 12.8. The Labute approximate surface area is 126 Å². The van der Waals surface area contributed by atoms with Crippen molar-refractivity contribution in [1.29, 1.82) is 0 Å². The number of carbonyl (C=O) groups excluding carboxylic acids is 1. The van der Waals surface area contributed by atoms with E-state index in [1.54, 1.807) is 7.11 Å². The summed E-state index contributed by atoms with van der Waals surface area (Å²) < 4.78 is 5.93. The molecule has 0 aliphatic carbocycles. The number of rotatable bonds is 5. The summed E-state index contributed by atoms with van der Waals surface area (Å²) in [5.41, 5.74) is 6.59. The van der Waals surface area contributed by atoms with Crippen molar-refractivity contribution in [3.8, 4) is 0 Å². The molecule has 2 aromatic carbocycles. The van der Waals surface area contributed by atoms with Crippen LogP contribution in [-0.4, -0.2) is 25.7 Å². The molecule has 5 heteroatoms. The van der Waals surface area contributed by atoms with E-state index in [2.05, 4.69) is 21.2 Å². The minimum absolute atomic E-state index is 0.200. The average molecular weight is 337 g/mol. The Hall–Kier alpha value is -1.43. The smallest absolute Gasteiger partial charge is 0.241 e. The van der Waals surface area contributed by atoms with Gasteiger partial charge in [-0.1, -0.05) is 40.2 Å². The number of anilines is 1. The lowest BCUT2D eigenvalue weighted by Crippen LogP contribution is -2.36. The molecule has 0 aliphatic heterocycles. The molecule has 1 unspecified atom stereocenters. The Bertz CT molecular complexity index is 616. The maximum atomic E-state index is 12.0. The van der Waals surface area contributed by atoms with Gasteiger partial charge in [-0.15, -0.1) is 0 Å². The topological polar surface area (TPSA) is 64.3 Å². The third kappa shape index (κ3) is 3.36. The number of fused-ring (bicyclic) bond motifs is 1. The number of amides is 1. The fourth-order valence-corrected chi connectivity index (χ4v) is 2.45. The minimum atomic E-state index is -0.572. The number of carbonyl (C=O) groups is 1. The molecule has 0 fully saturated rings. The molecule has 3 N–H and O–H groups in total. The number of hydrogen-bond donors (Lipinski definition) is 2. The van der Waals surface area contributed by atoms with Crippen LogP contribution in [-0.2, 0) is 9.53 Å². The van der Waals surface area contributed by atoms with Gasteiger partial charge in [0, 0.05) is 29.3 Å². The van der Waals surface area contributed by atoms with Crippen molar-refractivity contribution in [2.75, 3.05) is 19.0 Å². The lowest BCUT2D eigenvalue weighted by molar-refractivity contribution is -0.117. The Morgan fingerprint density at radius 2 is 2.00 bits per heavy atom. The first kappa shape index (κ1) is 15.0. The van der Waals surface area contributed by atoms with Gasteiger partial charge in [0.2, 0.25) is 5.91 Å². The number of nitrogens with two attached hydrogens (primary N) is 1. The number of nitrogens with one attached hydrogen (secondary N) is 1. The van der Waals surface area contributed by atoms with Gasteiger partial charge in [0.25, 0.3) is 0 Å². The second-order valence-corrected chi connectivity index (χ2v) is 5.37. The van der Waals surface area contributed by atoms with Gasteiger partial charge >= 0.3 is 0 Å². The van der Waals surface area contributed by atoms with Crippen LogP contribution in [0.15, 0.2) is 40.9 Å². The average Bonchev–Trinajstić information content (AvgIpc) is 2.47. The second kappa shape index (κ2) is 6.83. The summed E-state index contributed by atoms with van der Waals surface area (Å²) >= 11 is 3.51. The van der Waals surface area contributed by atoms with E-state index >= 15 is 0 Å². The number of halogens is 1. The predicted molar refractivity (Wildman–Crippen MR) is 84.7 cm³/mol. The molecule has 0 radical (unpaired) electrons. The van der Waals surface area contributed by atoms with Crippen LogP contribution in [0.3, 0.4) is 0 Å². The van der Waals surface area contributed by atoms with Crippen molar-refractivity contribution in [3.05, 3.63) is 40.9 Å². The van der Waals surface area contributed by atoms with Crippen LogP contribution in [0.2, 0.25) is 0 Å². The molecule has 4 nitrogen and oxygen atoms in total. The lowest BCUT2D eigenvalue weighted by Gasteiger charge is -2.14. The maximum absolute atomic E-state index is 12.0. The van der Waals surface area contributed by atoms with E-state index in [4.69, 9.17) is 10.5 Å². The van der Waals surface area contributed by atoms with Crippen LogP contribution < -0.4 is 11.1 Å². The third-order valence-corrected chi connectivity index (χ3v) is 3.79. The van der Waals surface area contributed by atoms with Crippen LogP contribution in [0.4, 0.5) is 5.69 Å². The number of methoxy groups -OCH3 is 1. The minimum Gasteiger partial charge on any atom is -0.385 e. The molecule has 0 aliphatic rings. The van der Waals surface area contributed by atoms with Gasteiger partial charge in [-0.2, -0.15) is 0 Å². The summed E-state index contributed by atoms with van der Waals surface area (Å²) in [4.78, 5) is 12.0. The van der Waals surface area contributed by atoms with E-state index in [9.17, 15) is 4.79 Å². The van der Waals surface area contributed by atoms with Crippen molar-refractivity contribution >= 4 is 38.3 Å². The molecular weight excluding hydrogens is 320 g/mol. The van der Waals surface area contributed by atoms with Gasteiger partial charge in [0.1, 0.15) is 0 Å². The van der Waals surface area contributed by atoms with Crippen molar-refractivity contribution < 1.29 is 9.53 Å². The Kier molecular flexibility index (Phi) is 5.11. The highest BCUT2D eigenvalue weighted by Gasteiger charge is 2.14. The Morgan fingerprint density at radius 1 is 1.30 bits per heavy atom. The van der Waals surface area contributed by atoms with E-state index in [0.29, 0.717) is 13.0 Å². The molecule has 0 spiro atoms. The molecule has 0 saturated heterocycles. The van der Waals surface area contributed by atoms with E-state index in [-0.39, 0.29) is 5.91 Å². The lowest BCUT2D eigenvalue weighted by atomic mass is 10.1. The second-order valence-electron chi connectivity index (χ2n) is 4.52. The van der Waals surface area contributed by atoms with Gasteiger partial charge in [-0.25, -0.2) is 0 Å². The van der Waals surface area contributed by atoms with Gasteiger partial charge in [-0.05, 0) is 23.9 Å². The fraction of sp³-hybridized carbons (Fsp3) is 0.267. The van der Waals surface area contributed by atoms with Crippen molar-refractivity contribution in [3.63, 3.8) is 0 Å². The molecule has 2 rings (SSSR count). The molecule has 1 atom stereocenters. The van der Waals surface area contributed by atoms with Crippen molar-refractivity contribution in [2.24, 2.45) is 5.73 Å². The zero-order chi connectivity index (χ0) is 14.5. The molecule has 1 amide bonds. The Balaban J connectivity index is 2.22. The monoisotopic (exact) mass is 336 g/mol. The molecule has 20 heavy (non-hydrogen) atoms. The van der Waals surface area contributed by atoms with Gasteiger partial charge < -0.3 is 15.8 Å². The highest BCUT2D eigenvalue weighted by molar-refractivity contribution is 9.10. The molecule has 0 heterocycles. The predicted octanol–water partition coefficient (Wildman–Crippen LogP) is 2.90. The van der Waals surface area contributed by atoms with Crippen LogP contribution >= 0.6 is 15.9 Å². The summed E-state index contributed by atoms with van der Waals surface area (Å²) in [5.74, 6) is -0.200. The quantitative estimate of drug-likeness (QED) is 0.882. The summed E-state index contributed by atoms with van der Waals surface area (Å²) in [7, 11) is 1.59. The van der Waals surface area contributed by atoms with Gasteiger partial charge in [-0.3, -0.25) is 4.79 Å². The first-order valence-electron chi connectivity index (χ1n) is 6.36. The van der Waals surface area contributed by atoms with E-state index < -0.39 is 6.04 Å². The largest absolute Gasteiger partial charge is 0.385 e. The highest BCUT2D eigenvalue weighted by atomic mass is 79.9. The molecular formula is C15H17BrN2O2. The summed E-state index contributed by atoms with van der Waals surface area (Å²) in [5, 5.41) is 4.91. The summed E-state index contributed by atoms with van der Waals surface area (Å²) in [6, 6.07) is 11.1. The first-order chi connectivity index (χ1) is 9.63.